The highest BCUT2D eigenvalue weighted by molar-refractivity contribution is 7.89. The van der Waals surface area contributed by atoms with Crippen molar-refractivity contribution in [2.24, 2.45) is 0 Å². The van der Waals surface area contributed by atoms with E-state index in [1.54, 1.807) is 6.92 Å². The molecule has 0 bridgehead atoms. The second-order valence-corrected chi connectivity index (χ2v) is 6.16. The topological polar surface area (TPSA) is 119 Å². The van der Waals surface area contributed by atoms with Crippen molar-refractivity contribution < 1.29 is 18.6 Å². The molecular weight excluding hydrogens is 296 g/mol. The van der Waals surface area contributed by atoms with Gasteiger partial charge >= 0.3 is 0 Å². The Bertz CT molecular complexity index is 586. The molecule has 0 saturated carbocycles. The highest BCUT2D eigenvalue weighted by atomic mass is 35.5. The molecule has 0 unspecified atom stereocenters. The first kappa shape index (κ1) is 16.1. The summed E-state index contributed by atoms with van der Waals surface area (Å²) in [6.45, 7) is 0.501. The molecule has 0 amide bonds. The maximum atomic E-state index is 12.1. The van der Waals surface area contributed by atoms with Crippen LogP contribution in [0.25, 0.3) is 0 Å². The Balaban J connectivity index is 3.17. The molecule has 19 heavy (non-hydrogen) atoms. The normalized spacial score (nSPS) is 12.6. The summed E-state index contributed by atoms with van der Waals surface area (Å²) in [6, 6.07) is 0.998. The lowest BCUT2D eigenvalue weighted by atomic mass is 10.0. The predicted molar refractivity (Wildman–Crippen MR) is 69.6 cm³/mol. The number of halogens is 1. The van der Waals surface area contributed by atoms with Crippen molar-refractivity contribution in [2.75, 3.05) is 13.2 Å². The molecule has 0 spiro atoms. The minimum absolute atomic E-state index is 0.191. The lowest BCUT2D eigenvalue weighted by Gasteiger charge is -2.29. The minimum atomic E-state index is -4.02. The number of rotatable bonds is 6. The maximum Gasteiger partial charge on any atom is 0.266 e. The van der Waals surface area contributed by atoms with Gasteiger partial charge in [0.2, 0.25) is 10.0 Å². The van der Waals surface area contributed by atoms with Crippen LogP contribution in [0.4, 0.5) is 0 Å². The van der Waals surface area contributed by atoms with Crippen LogP contribution in [0, 0.1) is 0 Å². The number of aliphatic hydroxyl groups is 2. The van der Waals surface area contributed by atoms with E-state index in [2.05, 4.69) is 9.71 Å². The Kier molecular flexibility index (Phi) is 5.11. The summed E-state index contributed by atoms with van der Waals surface area (Å²) in [4.78, 5) is 13.0. The van der Waals surface area contributed by atoms with E-state index < -0.39 is 34.3 Å². The number of pyridine rings is 1. The minimum Gasteiger partial charge on any atom is -0.394 e. The van der Waals surface area contributed by atoms with Crippen LogP contribution in [0.3, 0.4) is 0 Å². The zero-order chi connectivity index (χ0) is 14.7. The van der Waals surface area contributed by atoms with Crippen LogP contribution in [-0.4, -0.2) is 42.4 Å². The van der Waals surface area contributed by atoms with E-state index in [-0.39, 0.29) is 16.3 Å². The molecule has 0 aliphatic carbocycles. The van der Waals surface area contributed by atoms with E-state index in [9.17, 15) is 23.4 Å². The summed E-state index contributed by atoms with van der Waals surface area (Å²) < 4.78 is 26.4. The third kappa shape index (κ3) is 3.54. The molecule has 0 saturated heterocycles. The zero-order valence-electron chi connectivity index (χ0n) is 10.2. The van der Waals surface area contributed by atoms with Crippen molar-refractivity contribution in [3.63, 3.8) is 0 Å². The first-order chi connectivity index (χ1) is 8.80. The van der Waals surface area contributed by atoms with E-state index in [4.69, 9.17) is 11.6 Å². The lowest BCUT2D eigenvalue weighted by molar-refractivity contribution is 0.105. The third-order valence-electron chi connectivity index (χ3n) is 2.77. The second kappa shape index (κ2) is 6.02. The summed E-state index contributed by atoms with van der Waals surface area (Å²) in [5.74, 6) is 0. The van der Waals surface area contributed by atoms with Gasteiger partial charge in [0, 0.05) is 6.20 Å². The molecule has 9 heteroatoms. The van der Waals surface area contributed by atoms with Gasteiger partial charge in [0.25, 0.3) is 5.56 Å². The van der Waals surface area contributed by atoms with Crippen LogP contribution in [0.2, 0.25) is 5.02 Å². The van der Waals surface area contributed by atoms with Gasteiger partial charge in [0.15, 0.2) is 0 Å². The van der Waals surface area contributed by atoms with Crippen LogP contribution in [0.5, 0.6) is 0 Å². The molecule has 1 heterocycles. The molecule has 7 nitrogen and oxygen atoms in total. The van der Waals surface area contributed by atoms with Gasteiger partial charge in [-0.25, -0.2) is 13.1 Å². The van der Waals surface area contributed by atoms with Gasteiger partial charge in [-0.3, -0.25) is 4.79 Å². The van der Waals surface area contributed by atoms with Crippen LogP contribution in [0.1, 0.15) is 13.3 Å². The van der Waals surface area contributed by atoms with E-state index in [1.807, 2.05) is 0 Å². The summed E-state index contributed by atoms with van der Waals surface area (Å²) in [6.07, 6.45) is 1.18. The average Bonchev–Trinajstić information content (AvgIpc) is 2.39. The van der Waals surface area contributed by atoms with Gasteiger partial charge in [-0.2, -0.15) is 0 Å². The average molecular weight is 311 g/mol. The number of H-pyrrole nitrogens is 1. The Labute approximate surface area is 115 Å². The largest absolute Gasteiger partial charge is 0.394 e. The number of sulfonamides is 1. The molecule has 0 aliphatic heterocycles. The van der Waals surface area contributed by atoms with Crippen molar-refractivity contribution in [3.8, 4) is 0 Å². The van der Waals surface area contributed by atoms with Gasteiger partial charge in [-0.1, -0.05) is 18.5 Å². The Morgan fingerprint density at radius 1 is 1.42 bits per heavy atom. The number of nitrogens with one attached hydrogen (secondary N) is 2. The number of aromatic amines is 1. The first-order valence-corrected chi connectivity index (χ1v) is 7.30. The summed E-state index contributed by atoms with van der Waals surface area (Å²) in [5, 5.41) is 18.2. The van der Waals surface area contributed by atoms with Crippen LogP contribution in [-0.2, 0) is 10.0 Å². The molecule has 1 rings (SSSR count). The molecule has 4 N–H and O–H groups in total. The fourth-order valence-corrected chi connectivity index (χ4v) is 3.03. The number of hydrogen-bond acceptors (Lipinski definition) is 5. The predicted octanol–water partition coefficient (Wildman–Crippen LogP) is -0.560. The number of hydrogen-bond donors (Lipinski definition) is 4. The fourth-order valence-electron chi connectivity index (χ4n) is 1.35. The van der Waals surface area contributed by atoms with Crippen molar-refractivity contribution in [2.45, 2.75) is 23.8 Å². The summed E-state index contributed by atoms with van der Waals surface area (Å²) in [5.41, 5.74) is -1.96. The molecule has 0 radical (unpaired) electrons. The highest BCUT2D eigenvalue weighted by Crippen LogP contribution is 2.16. The molecule has 0 aliphatic rings. The van der Waals surface area contributed by atoms with E-state index >= 15 is 0 Å². The Hall–Kier alpha value is -0.930. The maximum absolute atomic E-state index is 12.1. The monoisotopic (exact) mass is 310 g/mol. The summed E-state index contributed by atoms with van der Waals surface area (Å²) >= 11 is 5.56. The molecular formula is C10H15ClN2O5S. The molecule has 0 fully saturated rings. The molecule has 1 aromatic rings. The van der Waals surface area contributed by atoms with Gasteiger partial charge in [0.05, 0.1) is 23.6 Å². The Morgan fingerprint density at radius 3 is 2.42 bits per heavy atom. The SMILES string of the molecule is CCC(CO)(CO)NS(=O)(=O)c1c[nH]c(=O)c(Cl)c1. The van der Waals surface area contributed by atoms with Crippen LogP contribution >= 0.6 is 11.6 Å². The van der Waals surface area contributed by atoms with Crippen LogP contribution in [0.15, 0.2) is 22.0 Å². The molecule has 0 atom stereocenters. The van der Waals surface area contributed by atoms with Crippen molar-refractivity contribution in [3.05, 3.63) is 27.6 Å². The fraction of sp³-hybridized carbons (Fsp3) is 0.500. The van der Waals surface area contributed by atoms with Crippen molar-refractivity contribution in [1.29, 1.82) is 0 Å². The first-order valence-electron chi connectivity index (χ1n) is 5.44. The Morgan fingerprint density at radius 2 is 2.00 bits per heavy atom. The van der Waals surface area contributed by atoms with Gasteiger partial charge in [-0.15, -0.1) is 0 Å². The summed E-state index contributed by atoms with van der Waals surface area (Å²) in [7, 11) is -4.02. The van der Waals surface area contributed by atoms with Crippen LogP contribution < -0.4 is 10.3 Å². The lowest BCUT2D eigenvalue weighted by Crippen LogP contribution is -2.53. The van der Waals surface area contributed by atoms with Gasteiger partial charge in [-0.05, 0) is 12.5 Å². The quantitative estimate of drug-likeness (QED) is 0.561. The molecule has 108 valence electrons. The smallest absolute Gasteiger partial charge is 0.266 e. The zero-order valence-corrected chi connectivity index (χ0v) is 11.8. The van der Waals surface area contributed by atoms with E-state index in [1.165, 1.54) is 0 Å². The van der Waals surface area contributed by atoms with Crippen molar-refractivity contribution in [1.82, 2.24) is 9.71 Å². The second-order valence-electron chi connectivity index (χ2n) is 4.07. The standard InChI is InChI=1S/C10H15ClN2O5S/c1-2-10(5-14,6-15)13-19(17,18)7-3-8(11)9(16)12-4-7/h3-4,13-15H,2,5-6H2,1H3,(H,12,16). The molecule has 0 aromatic carbocycles. The number of aromatic nitrogens is 1. The van der Waals surface area contributed by atoms with Gasteiger partial charge in [0.1, 0.15) is 5.02 Å². The van der Waals surface area contributed by atoms with E-state index in [0.29, 0.717) is 0 Å². The van der Waals surface area contributed by atoms with E-state index in [0.717, 1.165) is 12.3 Å². The number of aliphatic hydroxyl groups excluding tert-OH is 2. The van der Waals surface area contributed by atoms with Gasteiger partial charge < -0.3 is 15.2 Å². The van der Waals surface area contributed by atoms with Crippen molar-refractivity contribution >= 4 is 21.6 Å². The third-order valence-corrected chi connectivity index (χ3v) is 4.61. The highest BCUT2D eigenvalue weighted by Gasteiger charge is 2.32. The molecule has 1 aromatic heterocycles.